The molecule has 0 fully saturated rings. The van der Waals surface area contributed by atoms with Crippen LogP contribution in [0.1, 0.15) is 13.8 Å². The van der Waals surface area contributed by atoms with Crippen LogP contribution in [0, 0.1) is 5.92 Å². The average Bonchev–Trinajstić information content (AvgIpc) is 2.34. The van der Waals surface area contributed by atoms with Crippen molar-refractivity contribution in [3.8, 4) is 0 Å². The van der Waals surface area contributed by atoms with Crippen LogP contribution < -0.4 is 15.8 Å². The van der Waals surface area contributed by atoms with E-state index in [0.717, 1.165) is 0 Å². The fourth-order valence-electron chi connectivity index (χ4n) is 1.57. The molecule has 9 heteroatoms. The Labute approximate surface area is 122 Å². The molecule has 0 saturated carbocycles. The van der Waals surface area contributed by atoms with E-state index in [1.807, 2.05) is 0 Å². The lowest BCUT2D eigenvalue weighted by Crippen LogP contribution is -2.46. The van der Waals surface area contributed by atoms with Gasteiger partial charge >= 0.3 is 12.0 Å². The maximum Gasteiger partial charge on any atom is 0.326 e. The van der Waals surface area contributed by atoms with Crippen LogP contribution in [0.5, 0.6) is 0 Å². The van der Waals surface area contributed by atoms with Gasteiger partial charge in [-0.15, -0.1) is 0 Å². The van der Waals surface area contributed by atoms with Crippen molar-refractivity contribution in [3.05, 3.63) is 24.3 Å². The van der Waals surface area contributed by atoms with Crippen LogP contribution >= 0.6 is 0 Å². The summed E-state index contributed by atoms with van der Waals surface area (Å²) in [7, 11) is -3.88. The van der Waals surface area contributed by atoms with Gasteiger partial charge < -0.3 is 15.7 Å². The fourth-order valence-corrected chi connectivity index (χ4v) is 2.13. The average molecular weight is 315 g/mol. The Kier molecular flexibility index (Phi) is 5.28. The van der Waals surface area contributed by atoms with Crippen molar-refractivity contribution in [2.75, 3.05) is 5.32 Å². The van der Waals surface area contributed by atoms with Crippen molar-refractivity contribution in [1.82, 2.24) is 5.32 Å². The molecule has 8 nitrogen and oxygen atoms in total. The first-order valence-electron chi connectivity index (χ1n) is 6.04. The molecule has 5 N–H and O–H groups in total. The van der Waals surface area contributed by atoms with Crippen LogP contribution in [0.4, 0.5) is 10.5 Å². The second-order valence-corrected chi connectivity index (χ2v) is 6.29. The number of amides is 2. The molecule has 0 aliphatic rings. The third-order valence-corrected chi connectivity index (χ3v) is 3.55. The highest BCUT2D eigenvalue weighted by atomic mass is 32.2. The molecule has 1 atom stereocenters. The summed E-state index contributed by atoms with van der Waals surface area (Å²) >= 11 is 0. The van der Waals surface area contributed by atoms with Crippen LogP contribution in [0.15, 0.2) is 29.2 Å². The van der Waals surface area contributed by atoms with E-state index in [9.17, 15) is 18.0 Å². The number of carboxylic acids is 1. The lowest BCUT2D eigenvalue weighted by atomic mass is 10.1. The van der Waals surface area contributed by atoms with Crippen molar-refractivity contribution in [1.29, 1.82) is 0 Å². The van der Waals surface area contributed by atoms with Gasteiger partial charge in [0, 0.05) is 5.69 Å². The number of carbonyl (C=O) groups excluding carboxylic acids is 1. The molecule has 0 heterocycles. The molecule has 21 heavy (non-hydrogen) atoms. The monoisotopic (exact) mass is 315 g/mol. The zero-order valence-corrected chi connectivity index (χ0v) is 12.3. The van der Waals surface area contributed by atoms with Gasteiger partial charge in [0.15, 0.2) is 0 Å². The Morgan fingerprint density at radius 2 is 1.90 bits per heavy atom. The summed E-state index contributed by atoms with van der Waals surface area (Å²) in [6.45, 7) is 3.31. The van der Waals surface area contributed by atoms with Gasteiger partial charge in [-0.2, -0.15) is 0 Å². The first-order valence-corrected chi connectivity index (χ1v) is 7.59. The number of carbonyl (C=O) groups is 2. The normalized spacial score (nSPS) is 12.8. The van der Waals surface area contributed by atoms with Gasteiger partial charge in [0.1, 0.15) is 6.04 Å². The summed E-state index contributed by atoms with van der Waals surface area (Å²) in [5.41, 5.74) is 0.187. The van der Waals surface area contributed by atoms with Crippen molar-refractivity contribution in [2.45, 2.75) is 24.8 Å². The SMILES string of the molecule is CC(C)[C@@H](NC(=O)Nc1cccc(S(N)(=O)=O)c1)C(=O)O. The second kappa shape index (κ2) is 6.55. The van der Waals surface area contributed by atoms with Crippen LogP contribution in [-0.4, -0.2) is 31.6 Å². The number of nitrogens with two attached hydrogens (primary N) is 1. The van der Waals surface area contributed by atoms with Crippen molar-refractivity contribution in [3.63, 3.8) is 0 Å². The molecular weight excluding hydrogens is 298 g/mol. The van der Waals surface area contributed by atoms with E-state index in [2.05, 4.69) is 10.6 Å². The molecule has 1 aromatic carbocycles. The van der Waals surface area contributed by atoms with Crippen molar-refractivity contribution < 1.29 is 23.1 Å². The van der Waals surface area contributed by atoms with E-state index >= 15 is 0 Å². The first-order chi connectivity index (χ1) is 9.61. The summed E-state index contributed by atoms with van der Waals surface area (Å²) in [5.74, 6) is -1.46. The molecule has 0 radical (unpaired) electrons. The largest absolute Gasteiger partial charge is 0.480 e. The van der Waals surface area contributed by atoms with Gasteiger partial charge in [-0.1, -0.05) is 19.9 Å². The minimum atomic E-state index is -3.88. The number of benzene rings is 1. The molecule has 0 spiro atoms. The Balaban J connectivity index is 2.82. The Morgan fingerprint density at radius 3 is 2.38 bits per heavy atom. The lowest BCUT2D eigenvalue weighted by molar-refractivity contribution is -0.140. The first kappa shape index (κ1) is 16.9. The zero-order chi connectivity index (χ0) is 16.2. The Morgan fingerprint density at radius 1 is 1.29 bits per heavy atom. The predicted molar refractivity (Wildman–Crippen MR) is 76.2 cm³/mol. The molecule has 2 amide bonds. The Bertz CT molecular complexity index is 642. The number of nitrogens with one attached hydrogen (secondary N) is 2. The van der Waals surface area contributed by atoms with E-state index in [0.29, 0.717) is 0 Å². The van der Waals surface area contributed by atoms with Crippen LogP contribution in [0.2, 0.25) is 0 Å². The third-order valence-electron chi connectivity index (χ3n) is 2.64. The fraction of sp³-hybridized carbons (Fsp3) is 0.333. The lowest BCUT2D eigenvalue weighted by Gasteiger charge is -2.18. The van der Waals surface area contributed by atoms with E-state index < -0.39 is 28.1 Å². The van der Waals surface area contributed by atoms with Crippen molar-refractivity contribution in [2.24, 2.45) is 11.1 Å². The summed E-state index contributed by atoms with van der Waals surface area (Å²) in [6.07, 6.45) is 0. The van der Waals surface area contributed by atoms with Gasteiger partial charge in [0.05, 0.1) is 4.90 Å². The molecule has 1 rings (SSSR count). The second-order valence-electron chi connectivity index (χ2n) is 4.73. The molecular formula is C12H17N3O5S. The standard InChI is InChI=1S/C12H17N3O5S/c1-7(2)10(11(16)17)15-12(18)14-8-4-3-5-9(6-8)21(13,19)20/h3-7,10H,1-2H3,(H,16,17)(H2,13,19,20)(H2,14,15,18)/t10-/m1/s1. The maximum absolute atomic E-state index is 11.7. The molecule has 0 aliphatic carbocycles. The summed E-state index contributed by atoms with van der Waals surface area (Å²) in [5, 5.41) is 18.6. The number of hydrogen-bond donors (Lipinski definition) is 4. The summed E-state index contributed by atoms with van der Waals surface area (Å²) in [6, 6.07) is 3.53. The van der Waals surface area contributed by atoms with Gasteiger partial charge in [-0.3, -0.25) is 0 Å². The molecule has 0 aromatic heterocycles. The molecule has 0 unspecified atom stereocenters. The number of hydrogen-bond acceptors (Lipinski definition) is 4. The Hall–Kier alpha value is -2.13. The topological polar surface area (TPSA) is 139 Å². The number of sulfonamides is 1. The van der Waals surface area contributed by atoms with Gasteiger partial charge in [0.25, 0.3) is 0 Å². The van der Waals surface area contributed by atoms with Crippen LogP contribution in [0.3, 0.4) is 0 Å². The maximum atomic E-state index is 11.7. The number of carboxylic acid groups (broad SMARTS) is 1. The highest BCUT2D eigenvalue weighted by Crippen LogP contribution is 2.14. The van der Waals surface area contributed by atoms with Crippen LogP contribution in [0.25, 0.3) is 0 Å². The number of primary sulfonamides is 1. The van der Waals surface area contributed by atoms with E-state index in [-0.39, 0.29) is 16.5 Å². The van der Waals surface area contributed by atoms with Crippen molar-refractivity contribution >= 4 is 27.7 Å². The van der Waals surface area contributed by atoms with Gasteiger partial charge in [-0.05, 0) is 24.1 Å². The molecule has 1 aromatic rings. The van der Waals surface area contributed by atoms with E-state index in [1.54, 1.807) is 13.8 Å². The number of anilines is 1. The summed E-state index contributed by atoms with van der Waals surface area (Å²) < 4.78 is 22.4. The number of rotatable bonds is 5. The summed E-state index contributed by atoms with van der Waals surface area (Å²) in [4.78, 5) is 22.5. The quantitative estimate of drug-likeness (QED) is 0.629. The zero-order valence-electron chi connectivity index (χ0n) is 11.5. The third kappa shape index (κ3) is 5.04. The minimum absolute atomic E-state index is 0.154. The molecule has 116 valence electrons. The number of aliphatic carboxylic acids is 1. The molecule has 0 saturated heterocycles. The van der Waals surface area contributed by atoms with E-state index in [4.69, 9.17) is 10.2 Å². The van der Waals surface area contributed by atoms with E-state index in [1.165, 1.54) is 24.3 Å². The van der Waals surface area contributed by atoms with Gasteiger partial charge in [0.2, 0.25) is 10.0 Å². The highest BCUT2D eigenvalue weighted by molar-refractivity contribution is 7.89. The van der Waals surface area contributed by atoms with Crippen LogP contribution in [-0.2, 0) is 14.8 Å². The minimum Gasteiger partial charge on any atom is -0.480 e. The predicted octanol–water partition coefficient (Wildman–Crippen LogP) is 0.565. The smallest absolute Gasteiger partial charge is 0.326 e. The number of urea groups is 1. The molecule has 0 bridgehead atoms. The highest BCUT2D eigenvalue weighted by Gasteiger charge is 2.23. The molecule has 0 aliphatic heterocycles. The van der Waals surface area contributed by atoms with Gasteiger partial charge in [-0.25, -0.2) is 23.1 Å².